The summed E-state index contributed by atoms with van der Waals surface area (Å²) in [4.78, 5) is 94.1. The van der Waals surface area contributed by atoms with Gasteiger partial charge in [0.25, 0.3) is 0 Å². The lowest BCUT2D eigenvalue weighted by Crippen LogP contribution is -2.26. The lowest BCUT2D eigenvalue weighted by molar-refractivity contribution is -0.156. The van der Waals surface area contributed by atoms with E-state index in [0.717, 1.165) is 27.4 Å². The normalized spacial score (nSPS) is 11.3. The zero-order valence-electron chi connectivity index (χ0n) is 53.1. The van der Waals surface area contributed by atoms with Crippen LogP contribution in [0.25, 0.3) is 43.6 Å². The van der Waals surface area contributed by atoms with Gasteiger partial charge in [0, 0.05) is 90.7 Å². The number of ketones is 4. The summed E-state index contributed by atoms with van der Waals surface area (Å²) >= 11 is 0. The predicted octanol–water partition coefficient (Wildman–Crippen LogP) is 12.8. The van der Waals surface area contributed by atoms with E-state index in [1.807, 2.05) is 96.1 Å². The number of phenols is 1. The van der Waals surface area contributed by atoms with Crippen molar-refractivity contribution in [1.82, 2.24) is 18.3 Å². The van der Waals surface area contributed by atoms with E-state index in [1.165, 1.54) is 39.8 Å². The first-order valence-electron chi connectivity index (χ1n) is 28.5. The molecule has 0 saturated heterocycles. The average Bonchev–Trinajstić information content (AvgIpc) is 1.75. The highest BCUT2D eigenvalue weighted by molar-refractivity contribution is 6.10. The zero-order valence-corrected chi connectivity index (χ0v) is 53.1. The van der Waals surface area contributed by atoms with Crippen LogP contribution in [0.3, 0.4) is 0 Å². The van der Waals surface area contributed by atoms with E-state index in [1.54, 1.807) is 114 Å². The number of benzene rings is 5. The van der Waals surface area contributed by atoms with Gasteiger partial charge in [-0.05, 0) is 168 Å². The second kappa shape index (κ2) is 28.7. The zero-order chi connectivity index (χ0) is 65.9. The van der Waals surface area contributed by atoms with Gasteiger partial charge in [0.05, 0.1) is 14.2 Å². The molecule has 0 bridgehead atoms. The molecule has 0 spiro atoms. The summed E-state index contributed by atoms with van der Waals surface area (Å²) in [5, 5.41) is 21.3. The maximum Gasteiger partial charge on any atom is 0.326 e. The molecule has 0 saturated carbocycles. The molecule has 0 unspecified atom stereocenters. The number of hydrogen-bond acceptors (Lipinski definition) is 15. The molecule has 0 atom stereocenters. The standard InChI is InChI=1S/C23H25NO4.C17H21NO4.C16H19NO4.C13H13NO4/c1-16(25)20-13-24(14-22(26)28-23(2,3)4)21-11-10-18(12-19(20)21)27-15-17-8-6-5-7-9-17;1-11(19)14-9-18(10-16(20)22-17(2,3)4)15-7-6-12(21-5)8-13(14)15;1-10(18)13-8-17(9-15(20)21-16(2,3)4)14-6-5-11(19)7-12(13)14;1-8(15)11-6-14(7-13(16)17)12-4-3-9(18-2)5-10(11)12/h5-13H,14-15H2,1-4H3;6-9H,10H2,1-5H3;5-8,19H,9H2,1-4H3;3-6H,7H2,1-2H3,(H,16,17). The number of phenolic OH excluding ortho intramolecular Hbond substituents is 1. The molecule has 0 aliphatic heterocycles. The van der Waals surface area contributed by atoms with Crippen molar-refractivity contribution in [2.24, 2.45) is 0 Å². The molecule has 9 aromatic rings. The molecule has 4 aromatic heterocycles. The molecule has 0 aliphatic carbocycles. The minimum atomic E-state index is -0.946. The van der Waals surface area contributed by atoms with Gasteiger partial charge in [-0.1, -0.05) is 30.3 Å². The van der Waals surface area contributed by atoms with Crippen molar-refractivity contribution in [2.45, 2.75) is 140 Å². The van der Waals surface area contributed by atoms with Crippen LogP contribution in [-0.4, -0.2) is 107 Å². The number of nitrogens with zero attached hydrogens (tertiary/aromatic N) is 4. The number of aromatic nitrogens is 4. The summed E-state index contributed by atoms with van der Waals surface area (Å²) in [6.45, 7) is 22.7. The van der Waals surface area contributed by atoms with Crippen LogP contribution in [0.15, 0.2) is 128 Å². The number of carboxylic acid groups (broad SMARTS) is 1. The molecule has 9 rings (SSSR count). The molecule has 470 valence electrons. The molecule has 20 heteroatoms. The van der Waals surface area contributed by atoms with E-state index in [4.69, 9.17) is 33.5 Å². The summed E-state index contributed by atoms with van der Waals surface area (Å²) in [5.41, 5.74) is 4.55. The number of aromatic hydroxyl groups is 1. The number of carbonyl (C=O) groups excluding carboxylic acids is 7. The highest BCUT2D eigenvalue weighted by Crippen LogP contribution is 2.31. The van der Waals surface area contributed by atoms with E-state index in [2.05, 4.69) is 0 Å². The first-order chi connectivity index (χ1) is 41.6. The highest BCUT2D eigenvalue weighted by Gasteiger charge is 2.23. The quantitative estimate of drug-likeness (QED) is 0.0488. The Hall–Kier alpha value is -9.98. The molecule has 0 amide bonds. The van der Waals surface area contributed by atoms with E-state index in [-0.39, 0.29) is 73.0 Å². The fourth-order valence-corrected chi connectivity index (χ4v) is 9.53. The highest BCUT2D eigenvalue weighted by atomic mass is 16.6. The third-order valence-electron chi connectivity index (χ3n) is 13.1. The van der Waals surface area contributed by atoms with Gasteiger partial charge in [0.15, 0.2) is 23.1 Å². The second-order valence-corrected chi connectivity index (χ2v) is 24.0. The lowest BCUT2D eigenvalue weighted by Gasteiger charge is -2.19. The fourth-order valence-electron chi connectivity index (χ4n) is 9.53. The smallest absolute Gasteiger partial charge is 0.326 e. The van der Waals surface area contributed by atoms with Crippen molar-refractivity contribution in [2.75, 3.05) is 14.2 Å². The van der Waals surface area contributed by atoms with Crippen molar-refractivity contribution < 1.29 is 77.0 Å². The fraction of sp³-hybridized carbons (Fsp3) is 0.333. The Bertz CT molecular complexity index is 4100. The largest absolute Gasteiger partial charge is 0.508 e. The Kier molecular flexibility index (Phi) is 22.0. The van der Waals surface area contributed by atoms with Gasteiger partial charge >= 0.3 is 23.9 Å². The molecule has 20 nitrogen and oxygen atoms in total. The molecule has 89 heavy (non-hydrogen) atoms. The van der Waals surface area contributed by atoms with Gasteiger partial charge < -0.3 is 56.9 Å². The van der Waals surface area contributed by atoms with Crippen LogP contribution < -0.4 is 14.2 Å². The van der Waals surface area contributed by atoms with E-state index in [0.29, 0.717) is 67.9 Å². The van der Waals surface area contributed by atoms with Crippen LogP contribution in [0, 0.1) is 0 Å². The lowest BCUT2D eigenvalue weighted by atomic mass is 10.1. The third kappa shape index (κ3) is 19.0. The van der Waals surface area contributed by atoms with Crippen molar-refractivity contribution in [1.29, 1.82) is 0 Å². The van der Waals surface area contributed by atoms with Gasteiger partial charge in [-0.2, -0.15) is 0 Å². The molecule has 2 N–H and O–H groups in total. The Morgan fingerprint density at radius 1 is 0.404 bits per heavy atom. The monoisotopic (exact) mass is 1220 g/mol. The molecular formula is C69H78N4O16. The Labute approximate surface area is 516 Å². The van der Waals surface area contributed by atoms with Crippen LogP contribution in [0.5, 0.6) is 23.0 Å². The number of fused-ring (bicyclic) bond motifs is 4. The van der Waals surface area contributed by atoms with Crippen molar-refractivity contribution in [3.63, 3.8) is 0 Å². The van der Waals surface area contributed by atoms with Gasteiger partial charge in [-0.15, -0.1) is 0 Å². The molecule has 5 aromatic carbocycles. The van der Waals surface area contributed by atoms with Gasteiger partial charge in [0.1, 0.15) is 72.6 Å². The van der Waals surface area contributed by atoms with Crippen molar-refractivity contribution in [3.05, 3.63) is 156 Å². The number of methoxy groups -OCH3 is 2. The number of Topliss-reactive ketones (excluding diaryl/α,β-unsaturated/α-hetero) is 4. The molecule has 0 aliphatic rings. The first-order valence-corrected chi connectivity index (χ1v) is 28.5. The van der Waals surface area contributed by atoms with E-state index < -0.39 is 22.8 Å². The maximum absolute atomic E-state index is 12.2. The van der Waals surface area contributed by atoms with Gasteiger partial charge in [0.2, 0.25) is 0 Å². The number of hydrogen-bond donors (Lipinski definition) is 2. The Morgan fingerprint density at radius 3 is 1.02 bits per heavy atom. The minimum Gasteiger partial charge on any atom is -0.508 e. The van der Waals surface area contributed by atoms with Crippen LogP contribution in [0.1, 0.15) is 137 Å². The second-order valence-electron chi connectivity index (χ2n) is 24.0. The summed E-state index contributed by atoms with van der Waals surface area (Å²) in [7, 11) is 3.12. The molecular weight excluding hydrogens is 1140 g/mol. The predicted molar refractivity (Wildman–Crippen MR) is 338 cm³/mol. The van der Waals surface area contributed by atoms with Crippen LogP contribution >= 0.6 is 0 Å². The summed E-state index contributed by atoms with van der Waals surface area (Å²) < 4.78 is 38.9. The topological polar surface area (TPSA) is 252 Å². The SMILES string of the molecule is CC(=O)c1cn(CC(=O)OC(C)(C)C)c2ccc(O)cc12.CC(=O)c1cn(CC(=O)OC(C)(C)C)c2ccc(OCc3ccccc3)cc12.COc1ccc2c(c1)c(C(C)=O)cn2CC(=O)O.COc1ccc2c(c1)c(C(C)=O)cn2CC(=O)OC(C)(C)C. The Morgan fingerprint density at radius 2 is 0.708 bits per heavy atom. The minimum absolute atomic E-state index is 0.0197. The molecule has 4 heterocycles. The average molecular weight is 1220 g/mol. The number of aliphatic carboxylic acids is 1. The molecule has 0 radical (unpaired) electrons. The summed E-state index contributed by atoms with van der Waals surface area (Å²) in [6, 6.07) is 30.9. The number of ether oxygens (including phenoxy) is 6. The van der Waals surface area contributed by atoms with E-state index >= 15 is 0 Å². The van der Waals surface area contributed by atoms with Crippen molar-refractivity contribution in [3.8, 4) is 23.0 Å². The third-order valence-corrected chi connectivity index (χ3v) is 13.1. The maximum atomic E-state index is 12.2. The summed E-state index contributed by atoms with van der Waals surface area (Å²) in [6.07, 6.45) is 6.59. The van der Waals surface area contributed by atoms with Crippen molar-refractivity contribution >= 4 is 90.6 Å². The van der Waals surface area contributed by atoms with E-state index in [9.17, 15) is 43.5 Å². The van der Waals surface area contributed by atoms with Crippen LogP contribution in [0.4, 0.5) is 0 Å². The van der Waals surface area contributed by atoms with Gasteiger partial charge in [-0.3, -0.25) is 38.4 Å². The molecule has 0 fully saturated rings. The number of rotatable bonds is 17. The number of carboxylic acids is 1. The number of carbonyl (C=O) groups is 8. The van der Waals surface area contributed by atoms with Crippen LogP contribution in [-0.2, 0) is 66.2 Å². The summed E-state index contributed by atoms with van der Waals surface area (Å²) in [5.74, 6) is -0.267. The first kappa shape index (κ1) is 68.1. The van der Waals surface area contributed by atoms with Gasteiger partial charge in [-0.25, -0.2) is 0 Å². The van der Waals surface area contributed by atoms with Crippen LogP contribution in [0.2, 0.25) is 0 Å². The number of esters is 3. The Balaban J connectivity index is 0.000000192.